The molecule has 51 valence electrons. The van der Waals surface area contributed by atoms with Crippen LogP contribution < -0.4 is 0 Å². The van der Waals surface area contributed by atoms with Crippen molar-refractivity contribution in [3.05, 3.63) is 18.6 Å². The topological polar surface area (TPSA) is 0 Å². The molecule has 9 heavy (non-hydrogen) atoms. The van der Waals surface area contributed by atoms with E-state index in [9.17, 15) is 0 Å². The third-order valence-corrected chi connectivity index (χ3v) is 1.91. The number of hydrogen-bond donors (Lipinski definition) is 0. The maximum Gasteiger partial charge on any atom is -0.00839 e. The van der Waals surface area contributed by atoms with Crippen molar-refractivity contribution in [2.45, 2.75) is 33.1 Å². The van der Waals surface area contributed by atoms with Crippen LogP contribution in [0.1, 0.15) is 33.1 Å². The Morgan fingerprint density at radius 1 is 1.56 bits per heavy atom. The molecule has 0 nitrogen and oxygen atoms in total. The van der Waals surface area contributed by atoms with E-state index in [0.717, 1.165) is 0 Å². The van der Waals surface area contributed by atoms with Crippen molar-refractivity contribution in [3.8, 4) is 0 Å². The number of hydrogen-bond acceptors (Lipinski definition) is 0. The minimum absolute atomic E-state index is 0.426. The normalized spacial score (nSPS) is 26.2. The van der Waals surface area contributed by atoms with E-state index in [1.54, 1.807) is 0 Å². The van der Waals surface area contributed by atoms with E-state index in [4.69, 9.17) is 0 Å². The van der Waals surface area contributed by atoms with Gasteiger partial charge in [0.05, 0.1) is 0 Å². The fraction of sp³-hybridized carbons (Fsp3) is 0.667. The highest BCUT2D eigenvalue weighted by Crippen LogP contribution is 2.36. The molecule has 0 atom stereocenters. The summed E-state index contributed by atoms with van der Waals surface area (Å²) in [5, 5.41) is 0. The van der Waals surface area contributed by atoms with Crippen LogP contribution >= 0.6 is 0 Å². The van der Waals surface area contributed by atoms with E-state index in [1.807, 2.05) is 0 Å². The number of rotatable bonds is 0. The maximum atomic E-state index is 3.95. The zero-order valence-corrected chi connectivity index (χ0v) is 6.41. The minimum Gasteiger partial charge on any atom is -0.0995 e. The zero-order valence-electron chi connectivity index (χ0n) is 6.41. The van der Waals surface area contributed by atoms with Crippen LogP contribution in [-0.4, -0.2) is 0 Å². The molecule has 0 amide bonds. The first kappa shape index (κ1) is 6.85. The fourth-order valence-corrected chi connectivity index (χ4v) is 1.47. The van der Waals surface area contributed by atoms with Crippen molar-refractivity contribution >= 4 is 0 Å². The number of allylic oxidation sites excluding steroid dienone is 1. The Balaban J connectivity index is 2.51. The van der Waals surface area contributed by atoms with Crippen LogP contribution in [0.25, 0.3) is 0 Å². The molecule has 1 saturated carbocycles. The average molecular weight is 123 g/mol. The molecular formula is C9H15. The predicted octanol–water partition coefficient (Wildman–Crippen LogP) is 2.96. The second-order valence-electron chi connectivity index (χ2n) is 3.64. The largest absolute Gasteiger partial charge is 0.0995 e. The SMILES string of the molecule is C=C1[CH]C(C)(C)CCC1. The van der Waals surface area contributed by atoms with Gasteiger partial charge in [0.25, 0.3) is 0 Å². The molecule has 0 N–H and O–H groups in total. The highest BCUT2D eigenvalue weighted by atomic mass is 14.3. The van der Waals surface area contributed by atoms with E-state index >= 15 is 0 Å². The van der Waals surface area contributed by atoms with Gasteiger partial charge in [-0.1, -0.05) is 26.0 Å². The van der Waals surface area contributed by atoms with Gasteiger partial charge in [0, 0.05) is 0 Å². The predicted molar refractivity (Wildman–Crippen MR) is 41.1 cm³/mol. The second kappa shape index (κ2) is 2.17. The van der Waals surface area contributed by atoms with Gasteiger partial charge in [0.1, 0.15) is 0 Å². The van der Waals surface area contributed by atoms with Crippen LogP contribution in [0.2, 0.25) is 0 Å². The summed E-state index contributed by atoms with van der Waals surface area (Å²) in [5.41, 5.74) is 1.75. The third-order valence-electron chi connectivity index (χ3n) is 1.91. The summed E-state index contributed by atoms with van der Waals surface area (Å²) in [6.45, 7) is 8.50. The Hall–Kier alpha value is -0.260. The molecule has 0 heterocycles. The maximum absolute atomic E-state index is 3.95. The van der Waals surface area contributed by atoms with Crippen molar-refractivity contribution in [3.63, 3.8) is 0 Å². The van der Waals surface area contributed by atoms with Crippen LogP contribution in [-0.2, 0) is 0 Å². The average Bonchev–Trinajstić information content (AvgIpc) is 1.60. The van der Waals surface area contributed by atoms with Gasteiger partial charge in [-0.3, -0.25) is 0 Å². The molecule has 0 unspecified atom stereocenters. The van der Waals surface area contributed by atoms with E-state index in [0.29, 0.717) is 5.41 Å². The molecule has 1 aliphatic carbocycles. The lowest BCUT2D eigenvalue weighted by Crippen LogP contribution is -2.17. The van der Waals surface area contributed by atoms with Crippen LogP contribution in [0.4, 0.5) is 0 Å². The molecule has 0 aromatic carbocycles. The molecule has 1 radical (unpaired) electrons. The van der Waals surface area contributed by atoms with Crippen molar-refractivity contribution < 1.29 is 0 Å². The van der Waals surface area contributed by atoms with Gasteiger partial charge in [-0.2, -0.15) is 0 Å². The third kappa shape index (κ3) is 1.85. The molecule has 0 heteroatoms. The Labute approximate surface area is 58.0 Å². The second-order valence-corrected chi connectivity index (χ2v) is 3.64. The van der Waals surface area contributed by atoms with Gasteiger partial charge < -0.3 is 0 Å². The molecule has 0 saturated heterocycles. The first-order valence-electron chi connectivity index (χ1n) is 3.64. The van der Waals surface area contributed by atoms with Gasteiger partial charge >= 0.3 is 0 Å². The standard InChI is InChI=1S/C9H15/c1-8-5-4-6-9(2,3)7-8/h7H,1,4-6H2,2-3H3. The van der Waals surface area contributed by atoms with Crippen LogP contribution in [0.5, 0.6) is 0 Å². The van der Waals surface area contributed by atoms with E-state index in [2.05, 4.69) is 26.8 Å². The Kier molecular flexibility index (Phi) is 1.65. The highest BCUT2D eigenvalue weighted by Gasteiger charge is 2.22. The molecule has 1 aliphatic rings. The molecule has 0 aromatic heterocycles. The van der Waals surface area contributed by atoms with Crippen molar-refractivity contribution in [1.82, 2.24) is 0 Å². The molecule has 0 spiro atoms. The lowest BCUT2D eigenvalue weighted by atomic mass is 9.76. The highest BCUT2D eigenvalue weighted by molar-refractivity contribution is 5.16. The van der Waals surface area contributed by atoms with E-state index in [-0.39, 0.29) is 0 Å². The van der Waals surface area contributed by atoms with Gasteiger partial charge in [0.2, 0.25) is 0 Å². The summed E-state index contributed by atoms with van der Waals surface area (Å²) in [7, 11) is 0. The first-order valence-corrected chi connectivity index (χ1v) is 3.64. The molecule has 0 aliphatic heterocycles. The van der Waals surface area contributed by atoms with Crippen LogP contribution in [0.15, 0.2) is 12.2 Å². The Morgan fingerprint density at radius 2 is 2.22 bits per heavy atom. The molecule has 0 bridgehead atoms. The quantitative estimate of drug-likeness (QED) is 0.464. The summed E-state index contributed by atoms with van der Waals surface area (Å²) in [6, 6.07) is 0. The van der Waals surface area contributed by atoms with Crippen LogP contribution in [0, 0.1) is 11.8 Å². The summed E-state index contributed by atoms with van der Waals surface area (Å²) in [6.07, 6.45) is 6.16. The van der Waals surface area contributed by atoms with Crippen LogP contribution in [0.3, 0.4) is 0 Å². The van der Waals surface area contributed by atoms with E-state index in [1.165, 1.54) is 24.8 Å². The lowest BCUT2D eigenvalue weighted by Gasteiger charge is -2.29. The fourth-order valence-electron chi connectivity index (χ4n) is 1.47. The molecule has 1 rings (SSSR count). The van der Waals surface area contributed by atoms with Gasteiger partial charge in [-0.15, -0.1) is 0 Å². The lowest BCUT2D eigenvalue weighted by molar-refractivity contribution is 0.364. The monoisotopic (exact) mass is 123 g/mol. The zero-order chi connectivity index (χ0) is 6.91. The van der Waals surface area contributed by atoms with Gasteiger partial charge in [-0.25, -0.2) is 0 Å². The molecule has 0 aromatic rings. The van der Waals surface area contributed by atoms with Gasteiger partial charge in [-0.05, 0) is 31.1 Å². The van der Waals surface area contributed by atoms with Crippen molar-refractivity contribution in [1.29, 1.82) is 0 Å². The van der Waals surface area contributed by atoms with E-state index < -0.39 is 0 Å². The summed E-state index contributed by atoms with van der Waals surface area (Å²) >= 11 is 0. The van der Waals surface area contributed by atoms with Gasteiger partial charge in [0.15, 0.2) is 0 Å². The summed E-state index contributed by atoms with van der Waals surface area (Å²) < 4.78 is 0. The summed E-state index contributed by atoms with van der Waals surface area (Å²) in [4.78, 5) is 0. The van der Waals surface area contributed by atoms with Crippen molar-refractivity contribution in [2.75, 3.05) is 0 Å². The molecule has 1 fully saturated rings. The first-order chi connectivity index (χ1) is 4.10. The smallest absolute Gasteiger partial charge is 0.00839 e. The Bertz CT molecular complexity index is 120. The molecular weight excluding hydrogens is 108 g/mol. The minimum atomic E-state index is 0.426. The summed E-state index contributed by atoms with van der Waals surface area (Å²) in [5.74, 6) is 0. The Morgan fingerprint density at radius 3 is 2.56 bits per heavy atom. The van der Waals surface area contributed by atoms with Crippen molar-refractivity contribution in [2.24, 2.45) is 5.41 Å².